The molecule has 2 aromatic rings. The molecule has 0 unspecified atom stereocenters. The Balaban J connectivity index is 1.51. The third-order valence-electron chi connectivity index (χ3n) is 3.36. The average molecular weight is 373 g/mol. The van der Waals surface area contributed by atoms with Crippen LogP contribution in [0.15, 0.2) is 29.4 Å². The Bertz CT molecular complexity index is 748. The molecule has 1 aromatic carbocycles. The van der Waals surface area contributed by atoms with Gasteiger partial charge in [0.25, 0.3) is 0 Å². The van der Waals surface area contributed by atoms with Gasteiger partial charge in [-0.2, -0.15) is 0 Å². The van der Waals surface area contributed by atoms with Crippen LogP contribution in [-0.4, -0.2) is 38.2 Å². The second-order valence-electron chi connectivity index (χ2n) is 5.36. The molecular weight excluding hydrogens is 359 g/mol. The average Bonchev–Trinajstić information content (AvgIpc) is 3.29. The number of hydrogen-bond donors (Lipinski definition) is 1. The molecule has 0 spiro atoms. The minimum absolute atomic E-state index is 0.0649. The normalized spacial score (nSPS) is 14.4. The molecule has 1 N–H and O–H groups in total. The van der Waals surface area contributed by atoms with Crippen LogP contribution in [0.2, 0.25) is 0 Å². The van der Waals surface area contributed by atoms with E-state index in [2.05, 4.69) is 25.6 Å². The van der Waals surface area contributed by atoms with Crippen LogP contribution in [0.25, 0.3) is 0 Å². The highest BCUT2D eigenvalue weighted by Gasteiger charge is 2.32. The van der Waals surface area contributed by atoms with Crippen molar-refractivity contribution in [2.45, 2.75) is 36.9 Å². The van der Waals surface area contributed by atoms with E-state index in [1.54, 1.807) is 10.7 Å². The number of nitrogens with one attached hydrogen (secondary N) is 1. The van der Waals surface area contributed by atoms with E-state index in [9.17, 15) is 18.0 Å². The maximum Gasteiger partial charge on any atom is 0.573 e. The Kier molecular flexibility index (Phi) is 5.11. The van der Waals surface area contributed by atoms with Gasteiger partial charge in [-0.25, -0.2) is 4.68 Å². The summed E-state index contributed by atoms with van der Waals surface area (Å²) in [5, 5.41) is 14.4. The third-order valence-corrected chi connectivity index (χ3v) is 4.30. The summed E-state index contributed by atoms with van der Waals surface area (Å²) < 4.78 is 42.7. The standard InChI is InChI=1S/C14H14F3N5O2S/c15-14(16,17)24-11-4-2-1-3-9(11)7-18-12(23)8-25-13-19-20-21-22(13)10-5-6-10/h1-4,10H,5-8H2,(H,18,23). The van der Waals surface area contributed by atoms with E-state index in [1.165, 1.54) is 30.0 Å². The monoisotopic (exact) mass is 373 g/mol. The number of alkyl halides is 3. The molecule has 7 nitrogen and oxygen atoms in total. The SMILES string of the molecule is O=C(CSc1nnnn1C1CC1)NCc1ccccc1OC(F)(F)F. The summed E-state index contributed by atoms with van der Waals surface area (Å²) in [6, 6.07) is 5.96. The molecule has 1 aliphatic carbocycles. The number of benzene rings is 1. The predicted molar refractivity (Wildman–Crippen MR) is 81.8 cm³/mol. The number of carbonyl (C=O) groups is 1. The molecule has 1 aliphatic rings. The van der Waals surface area contributed by atoms with E-state index >= 15 is 0 Å². The Hall–Kier alpha value is -2.30. The van der Waals surface area contributed by atoms with Gasteiger partial charge in [-0.05, 0) is 29.3 Å². The van der Waals surface area contributed by atoms with Crippen LogP contribution in [-0.2, 0) is 11.3 Å². The molecular formula is C14H14F3N5O2S. The number of para-hydroxylation sites is 1. The van der Waals surface area contributed by atoms with Crippen molar-refractivity contribution >= 4 is 17.7 Å². The van der Waals surface area contributed by atoms with Crippen LogP contribution in [0.3, 0.4) is 0 Å². The minimum Gasteiger partial charge on any atom is -0.405 e. The zero-order chi connectivity index (χ0) is 17.9. The van der Waals surface area contributed by atoms with E-state index in [-0.39, 0.29) is 29.5 Å². The lowest BCUT2D eigenvalue weighted by Crippen LogP contribution is -2.26. The number of tetrazole rings is 1. The number of ether oxygens (including phenoxy) is 1. The summed E-state index contributed by atoms with van der Waals surface area (Å²) in [6.07, 6.45) is -2.75. The van der Waals surface area contributed by atoms with Gasteiger partial charge in [-0.3, -0.25) is 4.79 Å². The highest BCUT2D eigenvalue weighted by Crippen LogP contribution is 2.36. The third kappa shape index (κ3) is 5.08. The van der Waals surface area contributed by atoms with E-state index in [4.69, 9.17) is 0 Å². The van der Waals surface area contributed by atoms with E-state index in [1.807, 2.05) is 0 Å². The highest BCUT2D eigenvalue weighted by atomic mass is 32.2. The number of amides is 1. The number of hydrogen-bond acceptors (Lipinski definition) is 6. The van der Waals surface area contributed by atoms with Gasteiger partial charge in [0.15, 0.2) is 0 Å². The van der Waals surface area contributed by atoms with Crippen LogP contribution in [0, 0.1) is 0 Å². The Morgan fingerprint density at radius 3 is 2.84 bits per heavy atom. The number of thioether (sulfide) groups is 1. The van der Waals surface area contributed by atoms with Gasteiger partial charge < -0.3 is 10.1 Å². The molecule has 1 saturated carbocycles. The molecule has 1 aromatic heterocycles. The molecule has 1 heterocycles. The van der Waals surface area contributed by atoms with Crippen molar-refractivity contribution in [2.24, 2.45) is 0 Å². The zero-order valence-corrected chi connectivity index (χ0v) is 13.7. The van der Waals surface area contributed by atoms with Crippen molar-refractivity contribution in [3.63, 3.8) is 0 Å². The first-order valence-electron chi connectivity index (χ1n) is 7.43. The van der Waals surface area contributed by atoms with E-state index < -0.39 is 6.36 Å². The molecule has 1 fully saturated rings. The molecule has 0 bridgehead atoms. The number of aromatic nitrogens is 4. The largest absolute Gasteiger partial charge is 0.573 e. The van der Waals surface area contributed by atoms with E-state index in [0.717, 1.165) is 12.8 Å². The lowest BCUT2D eigenvalue weighted by Gasteiger charge is -2.13. The predicted octanol–water partition coefficient (Wildman–Crippen LogP) is 2.32. The van der Waals surface area contributed by atoms with Crippen molar-refractivity contribution in [1.82, 2.24) is 25.5 Å². The second kappa shape index (κ2) is 7.30. The van der Waals surface area contributed by atoms with Crippen molar-refractivity contribution in [3.05, 3.63) is 29.8 Å². The molecule has 0 atom stereocenters. The number of halogens is 3. The Morgan fingerprint density at radius 1 is 1.36 bits per heavy atom. The topological polar surface area (TPSA) is 81.9 Å². The van der Waals surface area contributed by atoms with Gasteiger partial charge in [0.1, 0.15) is 5.75 Å². The number of nitrogens with zero attached hydrogens (tertiary/aromatic N) is 4. The highest BCUT2D eigenvalue weighted by molar-refractivity contribution is 7.99. The number of carbonyl (C=O) groups excluding carboxylic acids is 1. The van der Waals surface area contributed by atoms with Crippen molar-refractivity contribution in [2.75, 3.05) is 5.75 Å². The van der Waals surface area contributed by atoms with Gasteiger partial charge in [-0.15, -0.1) is 18.3 Å². The van der Waals surface area contributed by atoms with Crippen LogP contribution in [0.4, 0.5) is 13.2 Å². The van der Waals surface area contributed by atoms with Gasteiger partial charge in [0.2, 0.25) is 11.1 Å². The molecule has 0 radical (unpaired) electrons. The fourth-order valence-corrected chi connectivity index (χ4v) is 2.85. The van der Waals surface area contributed by atoms with Crippen LogP contribution < -0.4 is 10.1 Å². The number of rotatable bonds is 7. The summed E-state index contributed by atoms with van der Waals surface area (Å²) in [5.74, 6) is -0.604. The summed E-state index contributed by atoms with van der Waals surface area (Å²) in [4.78, 5) is 11.9. The lowest BCUT2D eigenvalue weighted by molar-refractivity contribution is -0.274. The van der Waals surface area contributed by atoms with Crippen LogP contribution >= 0.6 is 11.8 Å². The van der Waals surface area contributed by atoms with Crippen molar-refractivity contribution in [3.8, 4) is 5.75 Å². The molecule has 0 aliphatic heterocycles. The molecule has 11 heteroatoms. The first-order chi connectivity index (χ1) is 11.9. The van der Waals surface area contributed by atoms with Gasteiger partial charge in [-0.1, -0.05) is 30.0 Å². The molecule has 3 rings (SSSR count). The first kappa shape index (κ1) is 17.5. The quantitative estimate of drug-likeness (QED) is 0.750. The Morgan fingerprint density at radius 2 is 2.12 bits per heavy atom. The molecule has 0 saturated heterocycles. The first-order valence-corrected chi connectivity index (χ1v) is 8.42. The van der Waals surface area contributed by atoms with Crippen LogP contribution in [0.1, 0.15) is 24.4 Å². The summed E-state index contributed by atoms with van der Waals surface area (Å²) in [5.41, 5.74) is 0.237. The summed E-state index contributed by atoms with van der Waals surface area (Å²) in [7, 11) is 0. The molecule has 1 amide bonds. The summed E-state index contributed by atoms with van der Waals surface area (Å²) in [6.45, 7) is -0.0702. The van der Waals surface area contributed by atoms with E-state index in [0.29, 0.717) is 11.2 Å². The smallest absolute Gasteiger partial charge is 0.405 e. The molecule has 25 heavy (non-hydrogen) atoms. The fourth-order valence-electron chi connectivity index (χ4n) is 2.08. The zero-order valence-electron chi connectivity index (χ0n) is 12.9. The fraction of sp³-hybridized carbons (Fsp3) is 0.429. The van der Waals surface area contributed by atoms with Crippen molar-refractivity contribution < 1.29 is 22.7 Å². The van der Waals surface area contributed by atoms with Gasteiger partial charge in [0, 0.05) is 12.1 Å². The maximum absolute atomic E-state index is 12.4. The lowest BCUT2D eigenvalue weighted by atomic mass is 10.2. The second-order valence-corrected chi connectivity index (χ2v) is 6.30. The van der Waals surface area contributed by atoms with Gasteiger partial charge in [0.05, 0.1) is 11.8 Å². The molecule has 134 valence electrons. The Labute approximate surface area is 144 Å². The van der Waals surface area contributed by atoms with Crippen molar-refractivity contribution in [1.29, 1.82) is 0 Å². The minimum atomic E-state index is -4.78. The van der Waals surface area contributed by atoms with Crippen LogP contribution in [0.5, 0.6) is 5.75 Å². The maximum atomic E-state index is 12.4. The summed E-state index contributed by atoms with van der Waals surface area (Å²) >= 11 is 1.18. The van der Waals surface area contributed by atoms with Gasteiger partial charge >= 0.3 is 6.36 Å².